The quantitative estimate of drug-likeness (QED) is 0.719. The van der Waals surface area contributed by atoms with Crippen molar-refractivity contribution in [2.45, 2.75) is 0 Å². The normalized spacial score (nSPS) is 10.6. The molecule has 0 saturated carbocycles. The number of hydrogen-bond acceptors (Lipinski definition) is 3. The summed E-state index contributed by atoms with van der Waals surface area (Å²) in [5.41, 5.74) is -0.352. The third-order valence-electron chi connectivity index (χ3n) is 1.34. The van der Waals surface area contributed by atoms with Gasteiger partial charge in [-0.1, -0.05) is 0 Å². The van der Waals surface area contributed by atoms with Gasteiger partial charge in [-0.2, -0.15) is 13.7 Å². The summed E-state index contributed by atoms with van der Waals surface area (Å²) in [7, 11) is -4.41. The summed E-state index contributed by atoms with van der Waals surface area (Å²) in [4.78, 5) is 0. The van der Waals surface area contributed by atoms with Crippen molar-refractivity contribution in [2.75, 3.05) is 4.72 Å². The highest BCUT2D eigenvalue weighted by molar-refractivity contribution is 7.87. The zero-order valence-corrected chi connectivity index (χ0v) is 7.55. The topological polar surface area (TPSA) is 90.2 Å². The van der Waals surface area contributed by atoms with Crippen LogP contribution in [0.15, 0.2) is 18.2 Å². The Morgan fingerprint density at radius 1 is 1.50 bits per heavy atom. The van der Waals surface area contributed by atoms with Crippen molar-refractivity contribution in [3.05, 3.63) is 29.6 Å². The highest BCUT2D eigenvalue weighted by Gasteiger charge is 2.07. The van der Waals surface area contributed by atoms with E-state index in [0.717, 1.165) is 18.2 Å². The summed E-state index contributed by atoms with van der Waals surface area (Å²) in [5.74, 6) is -0.860. The van der Waals surface area contributed by atoms with Gasteiger partial charge in [-0.05, 0) is 18.2 Å². The number of nitrogens with one attached hydrogen (secondary N) is 1. The first kappa shape index (κ1) is 10.4. The highest BCUT2D eigenvalue weighted by Crippen LogP contribution is 2.14. The molecule has 1 rings (SSSR count). The maximum atomic E-state index is 12.9. The van der Waals surface area contributed by atoms with Crippen LogP contribution in [0.5, 0.6) is 0 Å². The van der Waals surface area contributed by atoms with E-state index in [4.69, 9.17) is 9.81 Å². The van der Waals surface area contributed by atoms with Crippen LogP contribution in [0.2, 0.25) is 0 Å². The molecule has 0 saturated heterocycles. The van der Waals surface area contributed by atoms with Crippen molar-refractivity contribution in [1.29, 1.82) is 5.26 Å². The number of nitriles is 1. The standard InChI is InChI=1S/C7H5FN2O3S/c8-7-3-6(10-14(11,12)13)2-1-5(7)4-9/h1-3,10H,(H,11,12,13). The summed E-state index contributed by atoms with van der Waals surface area (Å²) in [5, 5.41) is 8.36. The zero-order valence-electron chi connectivity index (χ0n) is 6.73. The molecule has 0 heterocycles. The maximum Gasteiger partial charge on any atom is 0.357 e. The van der Waals surface area contributed by atoms with Crippen molar-refractivity contribution in [1.82, 2.24) is 0 Å². The van der Waals surface area contributed by atoms with Gasteiger partial charge in [0.15, 0.2) is 0 Å². The van der Waals surface area contributed by atoms with E-state index in [0.29, 0.717) is 0 Å². The first-order valence-corrected chi connectivity index (χ1v) is 4.81. The molecule has 1 aromatic rings. The average molecular weight is 216 g/mol. The van der Waals surface area contributed by atoms with E-state index in [1.54, 1.807) is 10.8 Å². The third-order valence-corrected chi connectivity index (χ3v) is 1.83. The van der Waals surface area contributed by atoms with E-state index in [9.17, 15) is 12.8 Å². The summed E-state index contributed by atoms with van der Waals surface area (Å²) in [6.07, 6.45) is 0. The molecule has 0 unspecified atom stereocenters. The van der Waals surface area contributed by atoms with Gasteiger partial charge in [0.05, 0.1) is 11.3 Å². The van der Waals surface area contributed by atoms with Gasteiger partial charge in [-0.15, -0.1) is 0 Å². The van der Waals surface area contributed by atoms with Gasteiger partial charge in [0.2, 0.25) is 0 Å². The van der Waals surface area contributed by atoms with Gasteiger partial charge in [0, 0.05) is 0 Å². The summed E-state index contributed by atoms with van der Waals surface area (Å²) < 4.78 is 43.5. The fourth-order valence-corrected chi connectivity index (χ4v) is 1.24. The van der Waals surface area contributed by atoms with Crippen LogP contribution in [0, 0.1) is 17.1 Å². The van der Waals surface area contributed by atoms with E-state index >= 15 is 0 Å². The summed E-state index contributed by atoms with van der Waals surface area (Å²) in [6, 6.07) is 4.63. The van der Waals surface area contributed by atoms with Crippen LogP contribution in [0.1, 0.15) is 5.56 Å². The SMILES string of the molecule is N#Cc1ccc(NS(=O)(=O)O)cc1F. The highest BCUT2D eigenvalue weighted by atomic mass is 32.2. The number of hydrogen-bond donors (Lipinski definition) is 2. The van der Waals surface area contributed by atoms with E-state index in [-0.39, 0.29) is 11.3 Å². The Kier molecular flexibility index (Phi) is 2.69. The van der Waals surface area contributed by atoms with Crippen molar-refractivity contribution in [3.8, 4) is 6.07 Å². The Morgan fingerprint density at radius 3 is 2.57 bits per heavy atom. The summed E-state index contributed by atoms with van der Waals surface area (Å²) >= 11 is 0. The Hall–Kier alpha value is -1.65. The first-order valence-electron chi connectivity index (χ1n) is 3.37. The third kappa shape index (κ3) is 2.69. The van der Waals surface area contributed by atoms with Crippen molar-refractivity contribution < 1.29 is 17.4 Å². The minimum Gasteiger partial charge on any atom is -0.269 e. The Balaban J connectivity index is 3.06. The lowest BCUT2D eigenvalue weighted by molar-refractivity contribution is 0.489. The van der Waals surface area contributed by atoms with Crippen molar-refractivity contribution in [2.24, 2.45) is 0 Å². The van der Waals surface area contributed by atoms with Gasteiger partial charge in [0.1, 0.15) is 11.9 Å². The minimum absolute atomic E-state index is 0.149. The fourth-order valence-electron chi connectivity index (χ4n) is 0.818. The van der Waals surface area contributed by atoms with Gasteiger partial charge in [0.25, 0.3) is 0 Å². The van der Waals surface area contributed by atoms with Crippen LogP contribution in [-0.4, -0.2) is 13.0 Å². The van der Waals surface area contributed by atoms with Crippen LogP contribution in [0.4, 0.5) is 10.1 Å². The van der Waals surface area contributed by atoms with E-state index < -0.39 is 16.1 Å². The Bertz CT molecular complexity index is 492. The molecule has 0 aliphatic rings. The second-order valence-corrected chi connectivity index (χ2v) is 3.54. The molecule has 0 fully saturated rings. The van der Waals surface area contributed by atoms with Gasteiger partial charge in [-0.3, -0.25) is 9.27 Å². The summed E-state index contributed by atoms with van der Waals surface area (Å²) in [6.45, 7) is 0. The Labute approximate surface area is 79.7 Å². The second kappa shape index (κ2) is 3.61. The molecular weight excluding hydrogens is 211 g/mol. The van der Waals surface area contributed by atoms with Crippen LogP contribution in [0.25, 0.3) is 0 Å². The molecule has 0 aromatic heterocycles. The predicted molar refractivity (Wildman–Crippen MR) is 46.3 cm³/mol. The van der Waals surface area contributed by atoms with Crippen LogP contribution >= 0.6 is 0 Å². The van der Waals surface area contributed by atoms with Gasteiger partial charge >= 0.3 is 10.3 Å². The van der Waals surface area contributed by atoms with E-state index in [2.05, 4.69) is 0 Å². The van der Waals surface area contributed by atoms with Gasteiger partial charge < -0.3 is 0 Å². The molecule has 2 N–H and O–H groups in total. The molecule has 1 aromatic carbocycles. The zero-order chi connectivity index (χ0) is 10.8. The van der Waals surface area contributed by atoms with Crippen molar-refractivity contribution in [3.63, 3.8) is 0 Å². The van der Waals surface area contributed by atoms with Crippen LogP contribution in [0.3, 0.4) is 0 Å². The smallest absolute Gasteiger partial charge is 0.269 e. The van der Waals surface area contributed by atoms with E-state index in [1.807, 2.05) is 0 Å². The molecular formula is C7H5FN2O3S. The number of benzene rings is 1. The van der Waals surface area contributed by atoms with Crippen LogP contribution < -0.4 is 4.72 Å². The molecule has 5 nitrogen and oxygen atoms in total. The lowest BCUT2D eigenvalue weighted by Crippen LogP contribution is -2.10. The molecule has 0 radical (unpaired) electrons. The number of rotatable bonds is 2. The first-order chi connectivity index (χ1) is 6.42. The molecule has 0 bridgehead atoms. The fraction of sp³-hybridized carbons (Fsp3) is 0. The average Bonchev–Trinajstić information content (AvgIpc) is 2.01. The minimum atomic E-state index is -4.41. The van der Waals surface area contributed by atoms with Crippen molar-refractivity contribution >= 4 is 16.0 Å². The molecule has 0 aliphatic heterocycles. The lowest BCUT2D eigenvalue weighted by Gasteiger charge is -2.02. The van der Waals surface area contributed by atoms with Gasteiger partial charge in [-0.25, -0.2) is 4.39 Å². The maximum absolute atomic E-state index is 12.9. The number of anilines is 1. The second-order valence-electron chi connectivity index (χ2n) is 2.38. The lowest BCUT2D eigenvalue weighted by atomic mass is 10.2. The number of halogens is 1. The molecule has 0 aliphatic carbocycles. The Morgan fingerprint density at radius 2 is 2.14 bits per heavy atom. The molecule has 0 atom stereocenters. The number of nitrogens with zero attached hydrogens (tertiary/aromatic N) is 1. The predicted octanol–water partition coefficient (Wildman–Crippen LogP) is 0.912. The monoisotopic (exact) mass is 216 g/mol. The molecule has 0 spiro atoms. The van der Waals surface area contributed by atoms with E-state index in [1.165, 1.54) is 0 Å². The molecule has 0 amide bonds. The van der Waals surface area contributed by atoms with Crippen LogP contribution in [-0.2, 0) is 10.3 Å². The molecule has 14 heavy (non-hydrogen) atoms. The molecule has 74 valence electrons. The largest absolute Gasteiger partial charge is 0.357 e. The molecule has 7 heteroatoms.